The van der Waals surface area contributed by atoms with Crippen molar-refractivity contribution in [3.05, 3.63) is 83.6 Å². The minimum Gasteiger partial charge on any atom is -0.454 e. The van der Waals surface area contributed by atoms with Gasteiger partial charge in [-0.3, -0.25) is 9.78 Å². The third-order valence-corrected chi connectivity index (χ3v) is 11.6. The van der Waals surface area contributed by atoms with Gasteiger partial charge in [-0.15, -0.1) is 0 Å². The lowest BCUT2D eigenvalue weighted by Crippen LogP contribution is -2.42. The van der Waals surface area contributed by atoms with Gasteiger partial charge >= 0.3 is 0 Å². The highest BCUT2D eigenvalue weighted by Crippen LogP contribution is 2.38. The van der Waals surface area contributed by atoms with Gasteiger partial charge in [0.2, 0.25) is 6.79 Å². The highest BCUT2D eigenvalue weighted by molar-refractivity contribution is 6.07. The van der Waals surface area contributed by atoms with E-state index in [1.54, 1.807) is 0 Å². The monoisotopic (exact) mass is 704 g/mol. The van der Waals surface area contributed by atoms with E-state index in [1.165, 1.54) is 43.4 Å². The third kappa shape index (κ3) is 8.25. The van der Waals surface area contributed by atoms with Gasteiger partial charge in [-0.05, 0) is 116 Å². The first-order chi connectivity index (χ1) is 25.4. The van der Waals surface area contributed by atoms with Gasteiger partial charge < -0.3 is 24.2 Å². The summed E-state index contributed by atoms with van der Waals surface area (Å²) >= 11 is 0. The fraction of sp³-hybridized carbons (Fsp3) is 0.511. The van der Waals surface area contributed by atoms with Crippen molar-refractivity contribution in [1.82, 2.24) is 14.8 Å². The van der Waals surface area contributed by atoms with Crippen molar-refractivity contribution in [3.8, 4) is 22.6 Å². The molecular weight excluding hydrogens is 645 g/mol. The lowest BCUT2D eigenvalue weighted by Gasteiger charge is -2.40. The van der Waals surface area contributed by atoms with E-state index >= 15 is 0 Å². The second-order valence-corrected chi connectivity index (χ2v) is 14.8. The van der Waals surface area contributed by atoms with Crippen LogP contribution in [0.1, 0.15) is 108 Å². The van der Waals surface area contributed by atoms with Gasteiger partial charge in [0.15, 0.2) is 11.5 Å². The topological polar surface area (TPSA) is 58.1 Å². The standard InChI is InChI=1S/C41H48N4O3.2C2H6/c1-3-41(2)16-21-44(22-17-41)33-12-8-29(9-13-33)23-32-26-36(40(46)45-20-6-7-34(45)27-43-18-4-5-19-43)35-24-30(10-14-37(35)42-32)31-11-15-38-39(25-31)48-28-47-38;2*1-2/h8-15,24-26,34H,3-7,16-23,27-28H2,1-2H3;2*1-2H3. The van der Waals surface area contributed by atoms with E-state index in [9.17, 15) is 4.79 Å². The van der Waals surface area contributed by atoms with Crippen LogP contribution in [0.15, 0.2) is 66.7 Å². The largest absolute Gasteiger partial charge is 0.454 e. The molecule has 7 nitrogen and oxygen atoms in total. The first-order valence-corrected chi connectivity index (χ1v) is 20.2. The van der Waals surface area contributed by atoms with Crippen LogP contribution in [-0.2, 0) is 6.42 Å². The molecular formula is C45H60N4O3. The number of rotatable bonds is 8. The van der Waals surface area contributed by atoms with Crippen LogP contribution in [0.5, 0.6) is 11.5 Å². The maximum atomic E-state index is 14.6. The van der Waals surface area contributed by atoms with Gasteiger partial charge in [0.1, 0.15) is 0 Å². The van der Waals surface area contributed by atoms with E-state index in [4.69, 9.17) is 14.5 Å². The average Bonchev–Trinajstić information content (AvgIpc) is 4.00. The predicted octanol–water partition coefficient (Wildman–Crippen LogP) is 9.99. The Balaban J connectivity index is 0.00000112. The summed E-state index contributed by atoms with van der Waals surface area (Å²) in [5.41, 5.74) is 7.60. The molecule has 4 aromatic rings. The number of hydrogen-bond acceptors (Lipinski definition) is 6. The summed E-state index contributed by atoms with van der Waals surface area (Å²) in [6.07, 6.45) is 9.08. The zero-order chi connectivity index (χ0) is 36.7. The quantitative estimate of drug-likeness (QED) is 0.182. The number of amides is 1. The molecule has 8 rings (SSSR count). The summed E-state index contributed by atoms with van der Waals surface area (Å²) in [6, 6.07) is 23.7. The number of nitrogens with zero attached hydrogens (tertiary/aromatic N) is 4. The minimum atomic E-state index is 0.132. The number of pyridine rings is 1. The molecule has 278 valence electrons. The summed E-state index contributed by atoms with van der Waals surface area (Å²) in [6.45, 7) is 19.3. The Kier molecular flexibility index (Phi) is 12.4. The molecule has 0 aliphatic carbocycles. The summed E-state index contributed by atoms with van der Waals surface area (Å²) in [5.74, 6) is 1.65. The molecule has 3 fully saturated rings. The Hall–Kier alpha value is -4.10. The Morgan fingerprint density at radius 3 is 2.23 bits per heavy atom. The number of fused-ring (bicyclic) bond motifs is 2. The highest BCUT2D eigenvalue weighted by atomic mass is 16.7. The van der Waals surface area contributed by atoms with Crippen LogP contribution in [0, 0.1) is 5.41 Å². The van der Waals surface area contributed by atoms with Crippen LogP contribution in [0.3, 0.4) is 0 Å². The summed E-state index contributed by atoms with van der Waals surface area (Å²) in [7, 11) is 0. The molecule has 3 saturated heterocycles. The minimum absolute atomic E-state index is 0.132. The lowest BCUT2D eigenvalue weighted by atomic mass is 9.78. The SMILES string of the molecule is CC.CC.CCC1(C)CCN(c2ccc(Cc3cc(C(=O)N4CCCC4CN4CCCC4)c4cc(-c5ccc6c(c5)OCO6)ccc4n3)cc2)CC1. The Morgan fingerprint density at radius 1 is 0.808 bits per heavy atom. The number of carbonyl (C=O) groups excluding carboxylic acids is 1. The zero-order valence-electron chi connectivity index (χ0n) is 32.5. The molecule has 0 spiro atoms. The van der Waals surface area contributed by atoms with Crippen molar-refractivity contribution in [3.63, 3.8) is 0 Å². The van der Waals surface area contributed by atoms with Crippen molar-refractivity contribution >= 4 is 22.5 Å². The van der Waals surface area contributed by atoms with Gasteiger partial charge in [-0.1, -0.05) is 72.2 Å². The Morgan fingerprint density at radius 2 is 1.50 bits per heavy atom. The maximum Gasteiger partial charge on any atom is 0.254 e. The van der Waals surface area contributed by atoms with Gasteiger partial charge in [-0.25, -0.2) is 0 Å². The van der Waals surface area contributed by atoms with Gasteiger partial charge in [0.05, 0.1) is 11.1 Å². The number of aromatic nitrogens is 1. The molecule has 3 aromatic carbocycles. The summed E-state index contributed by atoms with van der Waals surface area (Å²) in [4.78, 5) is 26.9. The normalized spacial score (nSPS) is 19.2. The van der Waals surface area contributed by atoms with E-state index in [1.807, 2.05) is 39.8 Å². The summed E-state index contributed by atoms with van der Waals surface area (Å²) in [5, 5.41) is 0.908. The van der Waals surface area contributed by atoms with E-state index in [0.717, 1.165) is 96.9 Å². The third-order valence-electron chi connectivity index (χ3n) is 11.6. The van der Waals surface area contributed by atoms with Gasteiger partial charge in [-0.2, -0.15) is 0 Å². The molecule has 0 N–H and O–H groups in total. The molecule has 0 saturated carbocycles. The van der Waals surface area contributed by atoms with E-state index in [0.29, 0.717) is 11.8 Å². The second kappa shape index (κ2) is 17.2. The van der Waals surface area contributed by atoms with E-state index in [-0.39, 0.29) is 18.7 Å². The Labute approximate surface area is 312 Å². The fourth-order valence-electron chi connectivity index (χ4n) is 8.21. The number of anilines is 1. The summed E-state index contributed by atoms with van der Waals surface area (Å²) < 4.78 is 11.2. The molecule has 52 heavy (non-hydrogen) atoms. The van der Waals surface area contributed by atoms with Gasteiger partial charge in [0, 0.05) is 55.4 Å². The smallest absolute Gasteiger partial charge is 0.254 e. The average molecular weight is 705 g/mol. The predicted molar refractivity (Wildman–Crippen MR) is 215 cm³/mol. The zero-order valence-corrected chi connectivity index (χ0v) is 32.5. The van der Waals surface area contributed by atoms with Crippen molar-refractivity contribution < 1.29 is 14.3 Å². The molecule has 4 aliphatic rings. The van der Waals surface area contributed by atoms with Crippen LogP contribution >= 0.6 is 0 Å². The van der Waals surface area contributed by atoms with E-state index in [2.05, 4.69) is 83.1 Å². The maximum absolute atomic E-state index is 14.6. The number of benzene rings is 3. The van der Waals surface area contributed by atoms with Crippen molar-refractivity contribution in [2.75, 3.05) is 51.0 Å². The van der Waals surface area contributed by atoms with Crippen LogP contribution < -0.4 is 14.4 Å². The van der Waals surface area contributed by atoms with Crippen LogP contribution in [0.4, 0.5) is 5.69 Å². The lowest BCUT2D eigenvalue weighted by molar-refractivity contribution is 0.0710. The van der Waals surface area contributed by atoms with Crippen molar-refractivity contribution in [2.45, 2.75) is 99.0 Å². The first kappa shape index (κ1) is 37.7. The molecule has 1 unspecified atom stereocenters. The molecule has 5 heterocycles. The fourth-order valence-corrected chi connectivity index (χ4v) is 8.21. The van der Waals surface area contributed by atoms with Crippen molar-refractivity contribution in [2.24, 2.45) is 5.41 Å². The molecule has 1 aromatic heterocycles. The van der Waals surface area contributed by atoms with Crippen molar-refractivity contribution in [1.29, 1.82) is 0 Å². The molecule has 1 atom stereocenters. The molecule has 0 bridgehead atoms. The highest BCUT2D eigenvalue weighted by Gasteiger charge is 2.33. The molecule has 0 radical (unpaired) electrons. The second-order valence-electron chi connectivity index (χ2n) is 14.8. The molecule has 1 amide bonds. The molecule has 4 aliphatic heterocycles. The number of carbonyl (C=O) groups is 1. The van der Waals surface area contributed by atoms with Crippen LogP contribution in [0.25, 0.3) is 22.0 Å². The van der Waals surface area contributed by atoms with Crippen LogP contribution in [-0.4, -0.2) is 72.8 Å². The number of likely N-dealkylation sites (tertiary alicyclic amines) is 2. The van der Waals surface area contributed by atoms with Crippen LogP contribution in [0.2, 0.25) is 0 Å². The van der Waals surface area contributed by atoms with Gasteiger partial charge in [0.25, 0.3) is 5.91 Å². The van der Waals surface area contributed by atoms with E-state index < -0.39 is 0 Å². The number of hydrogen-bond donors (Lipinski definition) is 0. The Bertz CT molecular complexity index is 1790. The first-order valence-electron chi connectivity index (χ1n) is 20.2. The number of piperidine rings is 1. The molecule has 7 heteroatoms. The number of ether oxygens (including phenoxy) is 2.